The van der Waals surface area contributed by atoms with E-state index >= 15 is 0 Å². The number of ketones is 1. The normalized spacial score (nSPS) is 22.8. The minimum Gasteiger partial charge on any atom is -0.298 e. The van der Waals surface area contributed by atoms with Crippen molar-refractivity contribution in [2.75, 3.05) is 13.6 Å². The number of carbonyl (C=O) groups excluding carboxylic acids is 2. The van der Waals surface area contributed by atoms with Gasteiger partial charge in [-0.15, -0.1) is 0 Å². The maximum atomic E-state index is 11.5. The number of hydrogen-bond donors (Lipinski definition) is 0. The molecular weight excluding hydrogens is 268 g/mol. The molecule has 2 atom stereocenters. The van der Waals surface area contributed by atoms with Gasteiger partial charge in [0, 0.05) is 6.54 Å². The van der Waals surface area contributed by atoms with Crippen LogP contribution in [0.25, 0.3) is 0 Å². The van der Waals surface area contributed by atoms with Crippen LogP contribution in [0.1, 0.15) is 25.3 Å². The number of likely N-dealkylation sites (N-methyl/N-ethyl adjacent to an activating group) is 1. The highest BCUT2D eigenvalue weighted by molar-refractivity contribution is 5.81. The van der Waals surface area contributed by atoms with Gasteiger partial charge >= 0.3 is 0 Å². The van der Waals surface area contributed by atoms with Crippen LogP contribution < -0.4 is 0 Å². The summed E-state index contributed by atoms with van der Waals surface area (Å²) in [5, 5.41) is 1.39. The molecule has 1 aromatic rings. The molecule has 1 heterocycles. The first kappa shape index (κ1) is 15.7. The lowest BCUT2D eigenvalue weighted by Gasteiger charge is -2.39. The highest BCUT2D eigenvalue weighted by Crippen LogP contribution is 2.20. The third-order valence-electron chi connectivity index (χ3n) is 3.96. The Hall–Kier alpha value is -1.72. The van der Waals surface area contributed by atoms with Crippen LogP contribution in [0, 0.1) is 0 Å². The van der Waals surface area contributed by atoms with Crippen LogP contribution in [-0.2, 0) is 21.0 Å². The molecule has 21 heavy (non-hydrogen) atoms. The van der Waals surface area contributed by atoms with Crippen molar-refractivity contribution < 1.29 is 14.4 Å². The second-order valence-electron chi connectivity index (χ2n) is 5.52. The van der Waals surface area contributed by atoms with Gasteiger partial charge in [0.2, 0.25) is 6.41 Å². The number of carbonyl (C=O) groups is 2. The van der Waals surface area contributed by atoms with Crippen molar-refractivity contribution in [2.45, 2.75) is 38.5 Å². The Balaban J connectivity index is 1.90. The van der Waals surface area contributed by atoms with Gasteiger partial charge in [0.1, 0.15) is 12.4 Å². The molecule has 0 saturated carbocycles. The number of nitrogens with zero attached hydrogens (tertiary/aromatic N) is 2. The maximum Gasteiger partial charge on any atom is 0.233 e. The number of amides is 1. The summed E-state index contributed by atoms with van der Waals surface area (Å²) in [5.74, 6) is 0.179. The molecule has 1 amide bonds. The number of hydrogen-bond acceptors (Lipinski definition) is 4. The molecular formula is C16H22N2O3. The van der Waals surface area contributed by atoms with Crippen molar-refractivity contribution in [1.29, 1.82) is 0 Å². The molecule has 0 bridgehead atoms. The summed E-state index contributed by atoms with van der Waals surface area (Å²) in [6.07, 6.45) is 2.27. The van der Waals surface area contributed by atoms with Crippen molar-refractivity contribution in [3.63, 3.8) is 0 Å². The third-order valence-corrected chi connectivity index (χ3v) is 3.96. The lowest BCUT2D eigenvalue weighted by Crippen LogP contribution is -2.52. The highest BCUT2D eigenvalue weighted by Gasteiger charge is 2.31. The first-order valence-electron chi connectivity index (χ1n) is 7.23. The number of likely N-dealkylation sites (tertiary alicyclic amines) is 1. The fourth-order valence-electron chi connectivity index (χ4n) is 2.79. The maximum absolute atomic E-state index is 11.5. The first-order valence-corrected chi connectivity index (χ1v) is 7.23. The standard InChI is InChI=1S/C16H22N2O3/c1-13(20)16-9-8-15(10-17(16)2)18(12-19)21-11-14-6-4-3-5-7-14/h3-7,12,15-16H,8-11H2,1-2H3. The Morgan fingerprint density at radius 1 is 1.38 bits per heavy atom. The fourth-order valence-corrected chi connectivity index (χ4v) is 2.79. The largest absolute Gasteiger partial charge is 0.298 e. The molecule has 0 aliphatic carbocycles. The number of rotatable bonds is 6. The lowest BCUT2D eigenvalue weighted by molar-refractivity contribution is -0.199. The van der Waals surface area contributed by atoms with E-state index in [1.165, 1.54) is 5.06 Å². The Morgan fingerprint density at radius 3 is 2.67 bits per heavy atom. The van der Waals surface area contributed by atoms with E-state index in [4.69, 9.17) is 4.84 Å². The molecule has 5 heteroatoms. The molecule has 1 aliphatic rings. The summed E-state index contributed by atoms with van der Waals surface area (Å²) in [6, 6.07) is 9.70. The van der Waals surface area contributed by atoms with Gasteiger partial charge in [-0.05, 0) is 32.4 Å². The Kier molecular flexibility index (Phi) is 5.47. The van der Waals surface area contributed by atoms with Gasteiger partial charge in [0.05, 0.1) is 12.1 Å². The van der Waals surface area contributed by atoms with Crippen molar-refractivity contribution in [3.05, 3.63) is 35.9 Å². The molecule has 2 unspecified atom stereocenters. The molecule has 0 N–H and O–H groups in total. The molecule has 1 fully saturated rings. The summed E-state index contributed by atoms with van der Waals surface area (Å²) in [4.78, 5) is 30.4. The van der Waals surface area contributed by atoms with Gasteiger partial charge in [-0.1, -0.05) is 30.3 Å². The van der Waals surface area contributed by atoms with Gasteiger partial charge < -0.3 is 0 Å². The van der Waals surface area contributed by atoms with Gasteiger partial charge in [-0.3, -0.25) is 19.3 Å². The summed E-state index contributed by atoms with van der Waals surface area (Å²) in [5.41, 5.74) is 1.02. The van der Waals surface area contributed by atoms with Crippen LogP contribution in [-0.4, -0.2) is 47.8 Å². The van der Waals surface area contributed by atoms with E-state index in [0.29, 0.717) is 13.2 Å². The second kappa shape index (κ2) is 7.33. The smallest absolute Gasteiger partial charge is 0.233 e. The average Bonchev–Trinajstić information content (AvgIpc) is 2.48. The molecule has 0 radical (unpaired) electrons. The van der Waals surface area contributed by atoms with Crippen LogP contribution >= 0.6 is 0 Å². The predicted molar refractivity (Wildman–Crippen MR) is 79.3 cm³/mol. The Labute approximate surface area is 125 Å². The summed E-state index contributed by atoms with van der Waals surface area (Å²) in [6.45, 7) is 2.64. The van der Waals surface area contributed by atoms with E-state index in [-0.39, 0.29) is 17.9 Å². The van der Waals surface area contributed by atoms with E-state index in [9.17, 15) is 9.59 Å². The molecule has 5 nitrogen and oxygen atoms in total. The van der Waals surface area contributed by atoms with E-state index in [1.54, 1.807) is 6.92 Å². The predicted octanol–water partition coefficient (Wildman–Crippen LogP) is 1.63. The monoisotopic (exact) mass is 290 g/mol. The zero-order valence-corrected chi connectivity index (χ0v) is 12.6. The van der Waals surface area contributed by atoms with Crippen LogP contribution in [0.3, 0.4) is 0 Å². The number of piperidine rings is 1. The fraction of sp³-hybridized carbons (Fsp3) is 0.500. The van der Waals surface area contributed by atoms with Crippen LogP contribution in [0.15, 0.2) is 30.3 Å². The van der Waals surface area contributed by atoms with E-state index in [0.717, 1.165) is 24.8 Å². The molecule has 0 spiro atoms. The van der Waals surface area contributed by atoms with Gasteiger partial charge in [0.15, 0.2) is 0 Å². The molecule has 114 valence electrons. The summed E-state index contributed by atoms with van der Waals surface area (Å²) < 4.78 is 0. The Morgan fingerprint density at radius 2 is 2.10 bits per heavy atom. The molecule has 1 saturated heterocycles. The van der Waals surface area contributed by atoms with E-state index in [2.05, 4.69) is 0 Å². The number of hydroxylamine groups is 2. The van der Waals surface area contributed by atoms with Crippen LogP contribution in [0.5, 0.6) is 0 Å². The van der Waals surface area contributed by atoms with E-state index < -0.39 is 0 Å². The summed E-state index contributed by atoms with van der Waals surface area (Å²) >= 11 is 0. The molecule has 1 aliphatic heterocycles. The van der Waals surface area contributed by atoms with Crippen LogP contribution in [0.4, 0.5) is 0 Å². The Bertz CT molecular complexity index is 478. The van der Waals surface area contributed by atoms with Gasteiger partial charge in [-0.2, -0.15) is 0 Å². The quantitative estimate of drug-likeness (QED) is 0.590. The third kappa shape index (κ3) is 4.12. The lowest BCUT2D eigenvalue weighted by atomic mass is 9.96. The minimum absolute atomic E-state index is 0.00758. The molecule has 0 aromatic heterocycles. The number of benzene rings is 1. The zero-order valence-electron chi connectivity index (χ0n) is 12.6. The summed E-state index contributed by atoms with van der Waals surface area (Å²) in [7, 11) is 1.92. The highest BCUT2D eigenvalue weighted by atomic mass is 16.7. The van der Waals surface area contributed by atoms with Crippen molar-refractivity contribution in [1.82, 2.24) is 9.96 Å². The minimum atomic E-state index is -0.0381. The van der Waals surface area contributed by atoms with Crippen molar-refractivity contribution in [3.8, 4) is 0 Å². The molecule has 2 rings (SSSR count). The van der Waals surface area contributed by atoms with Gasteiger partial charge in [0.25, 0.3) is 0 Å². The van der Waals surface area contributed by atoms with Crippen LogP contribution in [0.2, 0.25) is 0 Å². The SMILES string of the molecule is CC(=O)C1CCC(N(C=O)OCc2ccccc2)CN1C. The van der Waals surface area contributed by atoms with E-state index in [1.807, 2.05) is 42.3 Å². The zero-order chi connectivity index (χ0) is 15.2. The second-order valence-corrected chi connectivity index (χ2v) is 5.52. The van der Waals surface area contributed by atoms with Gasteiger partial charge in [-0.25, -0.2) is 5.06 Å². The first-order chi connectivity index (χ1) is 10.1. The topological polar surface area (TPSA) is 49.9 Å². The number of Topliss-reactive ketones (excluding diaryl/α,β-unsaturated/α-hetero) is 1. The molecule has 1 aromatic carbocycles. The van der Waals surface area contributed by atoms with Crippen molar-refractivity contribution >= 4 is 12.2 Å². The van der Waals surface area contributed by atoms with Crippen molar-refractivity contribution in [2.24, 2.45) is 0 Å². The average molecular weight is 290 g/mol.